The number of nitrogens with zero attached hydrogens (tertiary/aromatic N) is 3. The van der Waals surface area contributed by atoms with Gasteiger partial charge in [0.1, 0.15) is 17.3 Å². The van der Waals surface area contributed by atoms with E-state index in [1.165, 1.54) is 32.1 Å². The molecule has 1 aliphatic carbocycles. The highest BCUT2D eigenvalue weighted by Gasteiger charge is 2.37. The van der Waals surface area contributed by atoms with Gasteiger partial charge in [-0.25, -0.2) is 9.97 Å². The van der Waals surface area contributed by atoms with Gasteiger partial charge in [0.15, 0.2) is 0 Å². The number of halogens is 1. The van der Waals surface area contributed by atoms with Crippen LogP contribution in [0.25, 0.3) is 0 Å². The third-order valence-corrected chi connectivity index (χ3v) is 4.97. The number of anilines is 1. The van der Waals surface area contributed by atoms with Crippen LogP contribution >= 0.6 is 11.6 Å². The first kappa shape index (κ1) is 13.2. The summed E-state index contributed by atoms with van der Waals surface area (Å²) in [5.41, 5.74) is 1.12. The first-order chi connectivity index (χ1) is 9.18. The van der Waals surface area contributed by atoms with Crippen molar-refractivity contribution >= 4 is 17.4 Å². The van der Waals surface area contributed by atoms with E-state index in [2.05, 4.69) is 28.7 Å². The zero-order valence-corrected chi connectivity index (χ0v) is 12.5. The minimum Gasteiger partial charge on any atom is -0.353 e. The van der Waals surface area contributed by atoms with Gasteiger partial charge in [-0.15, -0.1) is 0 Å². The highest BCUT2D eigenvalue weighted by Crippen LogP contribution is 2.41. The van der Waals surface area contributed by atoms with Crippen LogP contribution in [-0.2, 0) is 0 Å². The van der Waals surface area contributed by atoms with Crippen molar-refractivity contribution < 1.29 is 0 Å². The van der Waals surface area contributed by atoms with Gasteiger partial charge in [0, 0.05) is 18.2 Å². The van der Waals surface area contributed by atoms with Gasteiger partial charge < -0.3 is 4.90 Å². The molecule has 0 spiro atoms. The smallest absolute Gasteiger partial charge is 0.138 e. The Hall–Kier alpha value is -0.830. The molecule has 1 aliphatic heterocycles. The third kappa shape index (κ3) is 2.33. The van der Waals surface area contributed by atoms with E-state index in [-0.39, 0.29) is 0 Å². The fourth-order valence-corrected chi connectivity index (χ4v) is 4.11. The zero-order chi connectivity index (χ0) is 13.4. The van der Waals surface area contributed by atoms with E-state index in [0.717, 1.165) is 23.8 Å². The van der Waals surface area contributed by atoms with Gasteiger partial charge >= 0.3 is 0 Å². The number of rotatable bonds is 2. The standard InChI is InChI=1S/C15H22ClN3/c1-10(2)13-14(16)17-9-18-15(13)19-8-7-11-5-3-4-6-12(11)19/h9-12H,3-8H2,1-2H3. The lowest BCUT2D eigenvalue weighted by atomic mass is 9.85. The molecule has 2 heterocycles. The van der Waals surface area contributed by atoms with E-state index in [0.29, 0.717) is 17.1 Å². The highest BCUT2D eigenvalue weighted by atomic mass is 35.5. The molecule has 0 radical (unpaired) electrons. The fraction of sp³-hybridized carbons (Fsp3) is 0.733. The van der Waals surface area contributed by atoms with E-state index in [1.54, 1.807) is 6.33 Å². The third-order valence-electron chi connectivity index (χ3n) is 4.67. The molecular formula is C15H22ClN3. The Morgan fingerprint density at radius 1 is 1.21 bits per heavy atom. The lowest BCUT2D eigenvalue weighted by Gasteiger charge is -2.33. The molecule has 0 N–H and O–H groups in total. The van der Waals surface area contributed by atoms with Gasteiger partial charge in [-0.1, -0.05) is 38.3 Å². The van der Waals surface area contributed by atoms with Crippen molar-refractivity contribution in [1.29, 1.82) is 0 Å². The maximum Gasteiger partial charge on any atom is 0.138 e. The number of hydrogen-bond donors (Lipinski definition) is 0. The quantitative estimate of drug-likeness (QED) is 0.766. The van der Waals surface area contributed by atoms with Crippen molar-refractivity contribution in [3.8, 4) is 0 Å². The summed E-state index contributed by atoms with van der Waals surface area (Å²) >= 11 is 6.30. The van der Waals surface area contributed by atoms with Crippen LogP contribution in [0, 0.1) is 5.92 Å². The molecule has 1 saturated heterocycles. The average Bonchev–Trinajstić information content (AvgIpc) is 2.81. The number of aromatic nitrogens is 2. The Bertz CT molecular complexity index is 461. The molecule has 104 valence electrons. The summed E-state index contributed by atoms with van der Waals surface area (Å²) in [6.45, 7) is 5.47. The average molecular weight is 280 g/mol. The zero-order valence-electron chi connectivity index (χ0n) is 11.8. The Balaban J connectivity index is 1.96. The molecule has 1 saturated carbocycles. The van der Waals surface area contributed by atoms with Gasteiger partial charge in [0.05, 0.1) is 0 Å². The van der Waals surface area contributed by atoms with E-state index in [9.17, 15) is 0 Å². The van der Waals surface area contributed by atoms with Crippen molar-refractivity contribution in [3.05, 3.63) is 17.0 Å². The molecule has 0 bridgehead atoms. The Morgan fingerprint density at radius 2 is 2.00 bits per heavy atom. The predicted octanol–water partition coefficient (Wildman–Crippen LogP) is 4.02. The molecule has 2 unspecified atom stereocenters. The summed E-state index contributed by atoms with van der Waals surface area (Å²) in [6.07, 6.45) is 8.37. The van der Waals surface area contributed by atoms with Crippen molar-refractivity contribution in [2.75, 3.05) is 11.4 Å². The van der Waals surface area contributed by atoms with Gasteiger partial charge in [-0.3, -0.25) is 0 Å². The van der Waals surface area contributed by atoms with Gasteiger partial charge in [-0.05, 0) is 31.1 Å². The van der Waals surface area contributed by atoms with E-state index >= 15 is 0 Å². The van der Waals surface area contributed by atoms with Crippen LogP contribution in [0.15, 0.2) is 6.33 Å². The molecular weight excluding hydrogens is 258 g/mol. The molecule has 4 heteroatoms. The topological polar surface area (TPSA) is 29.0 Å². The molecule has 1 aromatic rings. The van der Waals surface area contributed by atoms with Crippen molar-refractivity contribution in [2.24, 2.45) is 5.92 Å². The second-order valence-electron chi connectivity index (χ2n) is 6.15. The summed E-state index contributed by atoms with van der Waals surface area (Å²) in [5, 5.41) is 0.624. The minimum absolute atomic E-state index is 0.367. The van der Waals surface area contributed by atoms with Gasteiger partial charge in [0.25, 0.3) is 0 Å². The van der Waals surface area contributed by atoms with E-state index < -0.39 is 0 Å². The summed E-state index contributed by atoms with van der Waals surface area (Å²) < 4.78 is 0. The SMILES string of the molecule is CC(C)c1c(Cl)ncnc1N1CCC2CCCCC21. The summed E-state index contributed by atoms with van der Waals surface area (Å²) in [7, 11) is 0. The normalized spacial score (nSPS) is 26.8. The van der Waals surface area contributed by atoms with Crippen molar-refractivity contribution in [3.63, 3.8) is 0 Å². The lowest BCUT2D eigenvalue weighted by molar-refractivity contribution is 0.341. The van der Waals surface area contributed by atoms with Crippen LogP contribution < -0.4 is 4.90 Å². The molecule has 2 aliphatic rings. The van der Waals surface area contributed by atoms with E-state index in [1.807, 2.05) is 0 Å². The molecule has 19 heavy (non-hydrogen) atoms. The second kappa shape index (κ2) is 5.28. The molecule has 3 nitrogen and oxygen atoms in total. The minimum atomic E-state index is 0.367. The fourth-order valence-electron chi connectivity index (χ4n) is 3.76. The van der Waals surface area contributed by atoms with Crippen molar-refractivity contribution in [1.82, 2.24) is 9.97 Å². The van der Waals surface area contributed by atoms with Gasteiger partial charge in [0.2, 0.25) is 0 Å². The maximum absolute atomic E-state index is 6.30. The first-order valence-corrected chi connectivity index (χ1v) is 7.83. The van der Waals surface area contributed by atoms with E-state index in [4.69, 9.17) is 11.6 Å². The largest absolute Gasteiger partial charge is 0.353 e. The monoisotopic (exact) mass is 279 g/mol. The highest BCUT2D eigenvalue weighted by molar-refractivity contribution is 6.30. The van der Waals surface area contributed by atoms with Crippen LogP contribution in [0.1, 0.15) is 57.4 Å². The molecule has 2 atom stereocenters. The van der Waals surface area contributed by atoms with Gasteiger partial charge in [-0.2, -0.15) is 0 Å². The lowest BCUT2D eigenvalue weighted by Crippen LogP contribution is -2.36. The van der Waals surface area contributed by atoms with Crippen LogP contribution in [0.2, 0.25) is 5.15 Å². The molecule has 2 fully saturated rings. The Labute approximate surface area is 120 Å². The summed E-state index contributed by atoms with van der Waals surface area (Å²) in [4.78, 5) is 11.2. The van der Waals surface area contributed by atoms with Crippen LogP contribution in [0.3, 0.4) is 0 Å². The van der Waals surface area contributed by atoms with Crippen LogP contribution in [0.4, 0.5) is 5.82 Å². The Kier molecular flexibility index (Phi) is 3.66. The predicted molar refractivity (Wildman–Crippen MR) is 78.8 cm³/mol. The summed E-state index contributed by atoms with van der Waals surface area (Å²) in [6, 6.07) is 0.678. The van der Waals surface area contributed by atoms with Crippen molar-refractivity contribution in [2.45, 2.75) is 57.9 Å². The molecule has 1 aromatic heterocycles. The molecule has 0 amide bonds. The Morgan fingerprint density at radius 3 is 2.79 bits per heavy atom. The number of fused-ring (bicyclic) bond motifs is 1. The number of hydrogen-bond acceptors (Lipinski definition) is 3. The second-order valence-corrected chi connectivity index (χ2v) is 6.51. The summed E-state index contributed by atoms with van der Waals surface area (Å²) in [5.74, 6) is 2.32. The first-order valence-electron chi connectivity index (χ1n) is 7.45. The van der Waals surface area contributed by atoms with Crippen LogP contribution in [-0.4, -0.2) is 22.6 Å². The molecule has 3 rings (SSSR count). The maximum atomic E-state index is 6.30. The van der Waals surface area contributed by atoms with Crippen LogP contribution in [0.5, 0.6) is 0 Å². The molecule has 0 aromatic carbocycles.